The highest BCUT2D eigenvalue weighted by molar-refractivity contribution is 7.82. The van der Waals surface area contributed by atoms with Crippen LogP contribution in [0.5, 0.6) is 5.75 Å². The summed E-state index contributed by atoms with van der Waals surface area (Å²) in [4.78, 5) is 237. The Morgan fingerprint density at radius 2 is 0.958 bits per heavy atom. The number of hydrogen-bond donors (Lipinski definition) is 22. The molecule has 4 aromatic carbocycles. The molecule has 0 radical (unpaired) electrons. The first-order chi connectivity index (χ1) is 55.7. The number of amides is 17. The van der Waals surface area contributed by atoms with E-state index >= 15 is 24.0 Å². The Morgan fingerprint density at radius 1 is 0.479 bits per heavy atom. The molecule has 0 bridgehead atoms. The fourth-order valence-corrected chi connectivity index (χ4v) is 12.6. The molecule has 0 unspecified atom stereocenters. The van der Waals surface area contributed by atoms with Crippen molar-refractivity contribution in [2.45, 2.75) is 221 Å². The molecule has 0 aliphatic heterocycles. The predicted molar refractivity (Wildman–Crippen MR) is 445 cm³/mol. The third-order valence-electron chi connectivity index (χ3n) is 18.7. The Hall–Kier alpha value is -11.9. The molecule has 648 valence electrons. The highest BCUT2D eigenvalue weighted by Gasteiger charge is 2.43. The summed E-state index contributed by atoms with van der Waals surface area (Å²) in [6, 6.07) is 7.34. The summed E-state index contributed by atoms with van der Waals surface area (Å²) < 4.78 is 2.84. The number of unbranched alkanes of at least 4 members (excludes halogenated alkanes) is 1. The molecule has 0 aliphatic carbocycles. The zero-order valence-electron chi connectivity index (χ0n) is 67.9. The lowest BCUT2D eigenvalue weighted by atomic mass is 9.97. The Morgan fingerprint density at radius 3 is 1.52 bits per heavy atom. The minimum atomic E-state index is -1.99. The van der Waals surface area contributed by atoms with Crippen molar-refractivity contribution < 1.29 is 91.4 Å². The van der Waals surface area contributed by atoms with E-state index in [1.54, 1.807) is 72.8 Å². The SMILES string of the molecule is CC(=O)NCCCC[C@H](NC(=O)C(C)(C)NC(=O)[C@H](Cc1ccc2ccccc2c1)NC(=O)[C@H](Cc1ccc(OCCN)cc1)NC(=O)[C@@H](NC(=O)[C@H](CCC(N)=O)NC(=O)[C@H](Cc1c[nH]c2ccccc12)NC(=O)[C@@H](NC(=O)[C@H](CC(N)=O)NC(=O)[C@@H](NC(C)=O)C(C)(C)S)[C@@H](C)O)C(C)(C)S)C(=O)N[C@@H](CC(N)=O)C(=O)N[C@@H](C)C(N)=O. The summed E-state index contributed by atoms with van der Waals surface area (Å²) in [6.07, 6.45) is -3.69. The largest absolute Gasteiger partial charge is 0.492 e. The van der Waals surface area contributed by atoms with Crippen LogP contribution in [0.15, 0.2) is 97.2 Å². The number of carbonyl (C=O) groups is 17. The van der Waals surface area contributed by atoms with Gasteiger partial charge in [0.15, 0.2) is 0 Å². The van der Waals surface area contributed by atoms with Crippen LogP contribution in [0.25, 0.3) is 21.7 Å². The van der Waals surface area contributed by atoms with Gasteiger partial charge in [-0.25, -0.2) is 0 Å². The molecule has 0 saturated carbocycles. The van der Waals surface area contributed by atoms with E-state index in [4.69, 9.17) is 46.0 Å². The van der Waals surface area contributed by atoms with Crippen molar-refractivity contribution in [1.82, 2.24) is 74.1 Å². The van der Waals surface area contributed by atoms with Crippen LogP contribution in [0.2, 0.25) is 0 Å². The zero-order valence-corrected chi connectivity index (χ0v) is 69.7. The summed E-state index contributed by atoms with van der Waals surface area (Å²) in [5.74, 6) is -16.4. The maximum absolute atomic E-state index is 15.4. The van der Waals surface area contributed by atoms with Gasteiger partial charge in [0.05, 0.1) is 18.9 Å². The molecule has 25 N–H and O–H groups in total. The van der Waals surface area contributed by atoms with Crippen molar-refractivity contribution in [2.24, 2.45) is 28.7 Å². The Balaban J connectivity index is 1.53. The van der Waals surface area contributed by atoms with Gasteiger partial charge in [0.1, 0.15) is 84.4 Å². The molecule has 17 amide bonds. The Kier molecular flexibility index (Phi) is 37.1. The number of nitrogens with two attached hydrogens (primary N) is 5. The average Bonchev–Trinajstić information content (AvgIpc) is 1.76. The smallest absolute Gasteiger partial charge is 0.245 e. The molecule has 38 nitrogen and oxygen atoms in total. The fourth-order valence-electron chi connectivity index (χ4n) is 12.3. The third kappa shape index (κ3) is 31.8. The normalized spacial score (nSPS) is 14.5. The number of aliphatic hydroxyl groups excluding tert-OH is 1. The molecule has 0 fully saturated rings. The van der Waals surface area contributed by atoms with Gasteiger partial charge in [0.2, 0.25) is 100 Å². The van der Waals surface area contributed by atoms with Crippen LogP contribution in [-0.4, -0.2) is 218 Å². The number of para-hydroxylation sites is 1. The second-order valence-corrected chi connectivity index (χ2v) is 32.8. The molecule has 5 aromatic rings. The molecule has 119 heavy (non-hydrogen) atoms. The van der Waals surface area contributed by atoms with Gasteiger partial charge in [-0.3, -0.25) is 81.5 Å². The maximum atomic E-state index is 15.4. The number of thiol groups is 2. The maximum Gasteiger partial charge on any atom is 0.245 e. The summed E-state index contributed by atoms with van der Waals surface area (Å²) in [5.41, 5.74) is 27.5. The van der Waals surface area contributed by atoms with Crippen molar-refractivity contribution in [2.75, 3.05) is 19.7 Å². The number of aromatic amines is 1. The monoisotopic (exact) mass is 1690 g/mol. The summed E-state index contributed by atoms with van der Waals surface area (Å²) >= 11 is 9.13. The minimum Gasteiger partial charge on any atom is -0.492 e. The second-order valence-electron chi connectivity index (χ2n) is 30.5. The molecule has 5 rings (SSSR count). The number of rotatable bonds is 48. The number of nitrogens with one attached hydrogen (secondary N) is 14. The first kappa shape index (κ1) is 97.7. The van der Waals surface area contributed by atoms with Crippen LogP contribution in [0, 0.1) is 0 Å². The number of benzene rings is 4. The van der Waals surface area contributed by atoms with Crippen molar-refractivity contribution in [1.29, 1.82) is 0 Å². The van der Waals surface area contributed by atoms with E-state index in [1.165, 1.54) is 61.6 Å². The molecule has 0 saturated heterocycles. The van der Waals surface area contributed by atoms with Gasteiger partial charge in [0, 0.05) is 79.2 Å². The quantitative estimate of drug-likeness (QED) is 0.0133. The number of carbonyl (C=O) groups excluding carboxylic acids is 17. The summed E-state index contributed by atoms with van der Waals surface area (Å²) in [5, 5.41) is 46.0. The van der Waals surface area contributed by atoms with Crippen LogP contribution < -0.4 is 103 Å². The second kappa shape index (κ2) is 45.2. The number of H-pyrrole nitrogens is 1. The topological polar surface area (TPSA) is 622 Å². The molecule has 0 aliphatic rings. The van der Waals surface area contributed by atoms with Crippen molar-refractivity contribution >= 4 is 147 Å². The van der Waals surface area contributed by atoms with Crippen LogP contribution in [-0.2, 0) is 101 Å². The molecule has 0 spiro atoms. The van der Waals surface area contributed by atoms with Crippen LogP contribution in [0.1, 0.15) is 131 Å². The molecule has 40 heteroatoms. The van der Waals surface area contributed by atoms with Gasteiger partial charge in [-0.1, -0.05) is 72.8 Å². The lowest BCUT2D eigenvalue weighted by Gasteiger charge is -2.33. The number of aliphatic hydroxyl groups is 1. The highest BCUT2D eigenvalue weighted by atomic mass is 32.1. The molecule has 1 heterocycles. The number of primary amides is 4. The highest BCUT2D eigenvalue weighted by Crippen LogP contribution is 2.25. The predicted octanol–water partition coefficient (Wildman–Crippen LogP) is -3.44. The van der Waals surface area contributed by atoms with Gasteiger partial charge >= 0.3 is 0 Å². The van der Waals surface area contributed by atoms with E-state index in [-0.39, 0.29) is 64.1 Å². The third-order valence-corrected chi connectivity index (χ3v) is 19.2. The van der Waals surface area contributed by atoms with E-state index in [0.29, 0.717) is 33.3 Å². The lowest BCUT2D eigenvalue weighted by Crippen LogP contribution is -2.64. The van der Waals surface area contributed by atoms with Crippen LogP contribution in [0.4, 0.5) is 0 Å². The number of fused-ring (bicyclic) bond motifs is 2. The van der Waals surface area contributed by atoms with E-state index in [1.807, 2.05) is 18.2 Å². The lowest BCUT2D eigenvalue weighted by molar-refractivity contribution is -0.138. The van der Waals surface area contributed by atoms with E-state index < -0.39 is 208 Å². The number of aromatic nitrogens is 1. The Labute approximate surface area is 698 Å². The van der Waals surface area contributed by atoms with Crippen molar-refractivity contribution in [3.8, 4) is 5.75 Å². The van der Waals surface area contributed by atoms with E-state index in [9.17, 15) is 62.6 Å². The molecule has 12 atom stereocenters. The average molecular weight is 1700 g/mol. The minimum absolute atomic E-state index is 0.136. The van der Waals surface area contributed by atoms with Crippen LogP contribution >= 0.6 is 25.3 Å². The summed E-state index contributed by atoms with van der Waals surface area (Å²) in [6.45, 7) is 13.6. The standard InChI is InChI=1S/C79H111N19O19S2/c1-40(65(84)105)87-68(108)57(37-60(82)103)91-66(106)52(21-15-16-31-85-42(3)100)95-76(116)77(5,6)98-72(112)55(35-45-22-25-46-17-11-12-18-47(46)33-45)90-69(109)54(34-44-23-26-49(27-24-44)117-32-30-80)93-75(115)64(79(9,10)119)97-67(107)53(28-29-59(81)102)89-70(110)56(36-48-39-86-51-20-14-13-19-50(48)51)92-73(113)62(41(2)99)96-71(111)58(38-61(83)104)94-74(114)63(78(7,8)118)88-43(4)101/h11-14,17-20,22-27,33,39-41,52-58,62-64,86,99,118-119H,15-16,21,28-32,34-38,80H2,1-10H3,(H2,81,102)(H2,82,103)(H2,83,104)(H2,84,105)(H,85,100)(H,87,108)(H,88,101)(H,89,110)(H,90,109)(H,91,106)(H,92,113)(H,93,115)(H,94,114)(H,95,116)(H,96,111)(H,97,107)(H,98,112)/t40-,41+,52-,53-,54-,55-,56-,57-,58-,62-,63+,64+/m0/s1. The van der Waals surface area contributed by atoms with Gasteiger partial charge in [-0.15, -0.1) is 0 Å². The van der Waals surface area contributed by atoms with Gasteiger partial charge in [-0.05, 0) is 127 Å². The summed E-state index contributed by atoms with van der Waals surface area (Å²) in [7, 11) is 0. The van der Waals surface area contributed by atoms with E-state index in [2.05, 4.69) is 86.7 Å². The Bertz CT molecular complexity index is 4510. The number of ether oxygens (including phenoxy) is 1. The molecular weight excluding hydrogens is 1580 g/mol. The first-order valence-corrected chi connectivity index (χ1v) is 39.2. The van der Waals surface area contributed by atoms with Crippen molar-refractivity contribution in [3.05, 3.63) is 114 Å². The molecule has 1 aromatic heterocycles. The van der Waals surface area contributed by atoms with Gasteiger partial charge in [0.25, 0.3) is 0 Å². The van der Waals surface area contributed by atoms with Gasteiger partial charge < -0.3 is 113 Å². The molecular formula is C79H111N19O19S2. The first-order valence-electron chi connectivity index (χ1n) is 38.3. The number of hydrogen-bond acceptors (Lipinski definition) is 22. The van der Waals surface area contributed by atoms with Gasteiger partial charge in [-0.2, -0.15) is 25.3 Å². The van der Waals surface area contributed by atoms with Crippen molar-refractivity contribution in [3.63, 3.8) is 0 Å². The van der Waals surface area contributed by atoms with Crippen LogP contribution in [0.3, 0.4) is 0 Å². The zero-order chi connectivity index (χ0) is 89.0. The fraction of sp³-hybridized carbons (Fsp3) is 0.481. The van der Waals surface area contributed by atoms with E-state index in [0.717, 1.165) is 24.6 Å².